The summed E-state index contributed by atoms with van der Waals surface area (Å²) >= 11 is 0. The van der Waals surface area contributed by atoms with Crippen molar-refractivity contribution < 1.29 is 4.42 Å². The first-order chi connectivity index (χ1) is 31.2. The van der Waals surface area contributed by atoms with Crippen LogP contribution < -0.4 is 0 Å². The van der Waals surface area contributed by atoms with Crippen LogP contribution in [0.25, 0.3) is 101 Å². The van der Waals surface area contributed by atoms with Crippen LogP contribution in [0.4, 0.5) is 0 Å². The highest BCUT2D eigenvalue weighted by Crippen LogP contribution is 2.62. The molecule has 0 amide bonds. The van der Waals surface area contributed by atoms with Gasteiger partial charge in [0.2, 0.25) is 0 Å². The van der Waals surface area contributed by atoms with E-state index in [2.05, 4.69) is 188 Å². The molecule has 2 heterocycles. The van der Waals surface area contributed by atoms with Gasteiger partial charge in [-0.2, -0.15) is 0 Å². The number of furan rings is 1. The van der Waals surface area contributed by atoms with Crippen molar-refractivity contribution in [2.45, 2.75) is 11.8 Å². The zero-order chi connectivity index (χ0) is 41.2. The van der Waals surface area contributed by atoms with Crippen molar-refractivity contribution in [1.29, 1.82) is 0 Å². The van der Waals surface area contributed by atoms with Gasteiger partial charge in [0.15, 0.2) is 17.5 Å². The smallest absolute Gasteiger partial charge is 0.167 e. The summed E-state index contributed by atoms with van der Waals surface area (Å²) in [5.74, 6) is 1.81. The molecular formula is C59H35N3O. The first-order valence-electron chi connectivity index (χ1n) is 21.6. The fraction of sp³-hybridized carbons (Fsp3) is 0.0339. The average Bonchev–Trinajstić information content (AvgIpc) is 4.00. The molecule has 0 N–H and O–H groups in total. The molecule has 0 bridgehead atoms. The van der Waals surface area contributed by atoms with Crippen molar-refractivity contribution in [2.75, 3.05) is 0 Å². The molecule has 1 spiro atoms. The Balaban J connectivity index is 1.07. The predicted molar refractivity (Wildman–Crippen MR) is 253 cm³/mol. The van der Waals surface area contributed by atoms with Crippen LogP contribution in [-0.2, 0) is 11.8 Å². The van der Waals surface area contributed by atoms with Crippen LogP contribution in [0.2, 0.25) is 0 Å². The Kier molecular flexibility index (Phi) is 7.06. The van der Waals surface area contributed by atoms with Crippen molar-refractivity contribution in [2.24, 2.45) is 0 Å². The van der Waals surface area contributed by atoms with Crippen molar-refractivity contribution in [3.05, 3.63) is 234 Å². The number of fused-ring (bicyclic) bond motifs is 18. The quantitative estimate of drug-likeness (QED) is 0.179. The lowest BCUT2D eigenvalue weighted by atomic mass is 9.66. The summed E-state index contributed by atoms with van der Waals surface area (Å²) in [7, 11) is 0. The minimum Gasteiger partial charge on any atom is -0.455 e. The Morgan fingerprint density at radius 2 is 0.857 bits per heavy atom. The lowest BCUT2D eigenvalue weighted by molar-refractivity contribution is 0.669. The molecule has 4 heteroatoms. The molecule has 0 aliphatic heterocycles. The lowest BCUT2D eigenvalue weighted by Crippen LogP contribution is -2.29. The molecule has 0 saturated carbocycles. The highest BCUT2D eigenvalue weighted by Gasteiger charge is 2.50. The molecule has 14 rings (SSSR count). The van der Waals surface area contributed by atoms with Crippen LogP contribution >= 0.6 is 0 Å². The van der Waals surface area contributed by atoms with E-state index in [1.165, 1.54) is 72.3 Å². The second kappa shape index (κ2) is 12.9. The number of benzene rings is 9. The molecule has 0 atom stereocenters. The highest BCUT2D eigenvalue weighted by molar-refractivity contribution is 6.09. The van der Waals surface area contributed by atoms with Gasteiger partial charge in [-0.15, -0.1) is 0 Å². The Morgan fingerprint density at radius 3 is 1.62 bits per heavy atom. The summed E-state index contributed by atoms with van der Waals surface area (Å²) in [6.07, 6.45) is 0.919. The monoisotopic (exact) mass is 801 g/mol. The van der Waals surface area contributed by atoms with E-state index < -0.39 is 5.41 Å². The van der Waals surface area contributed by atoms with Crippen molar-refractivity contribution in [3.8, 4) is 78.7 Å². The van der Waals surface area contributed by atoms with Gasteiger partial charge < -0.3 is 4.42 Å². The van der Waals surface area contributed by atoms with Crippen LogP contribution in [0.15, 0.2) is 205 Å². The SMILES string of the molecule is c1ccc2c(c1)Cc1ccc(-c3nc(-c4cccc5c4-c4ccccc4C54c5ccccc5-c5ccccc5-c5ccccc54)nc(-c4cccc5c4oc4ccccc45)n3)cc1-2. The van der Waals surface area contributed by atoms with E-state index in [0.717, 1.165) is 50.6 Å². The molecule has 9 aromatic carbocycles. The van der Waals surface area contributed by atoms with Crippen molar-refractivity contribution in [3.63, 3.8) is 0 Å². The van der Waals surface area contributed by atoms with Gasteiger partial charge in [-0.05, 0) is 103 Å². The summed E-state index contributed by atoms with van der Waals surface area (Å²) < 4.78 is 6.63. The second-order valence-electron chi connectivity index (χ2n) is 17.0. The van der Waals surface area contributed by atoms with Gasteiger partial charge >= 0.3 is 0 Å². The molecular weight excluding hydrogens is 767 g/mol. The predicted octanol–water partition coefficient (Wildman–Crippen LogP) is 14.4. The van der Waals surface area contributed by atoms with Crippen molar-refractivity contribution >= 4 is 21.9 Å². The zero-order valence-electron chi connectivity index (χ0n) is 34.0. The molecule has 0 unspecified atom stereocenters. The number of para-hydroxylation sites is 2. The third kappa shape index (κ3) is 4.72. The minimum atomic E-state index is -0.625. The normalized spacial score (nSPS) is 13.5. The Labute approximate surface area is 363 Å². The topological polar surface area (TPSA) is 51.8 Å². The standard InChI is InChI=1S/C59H35N3O/c1-2-16-38-35(15-1)33-36-31-32-37(34-48(36)38)56-60-57(62-58(61-56)47-25-13-23-44-43-21-8-12-30-53(43)63-55(44)47)46-24-14-29-52-54(46)45-22-7-11-28-51(45)59(52)49-26-9-5-19-41(49)39-17-3-4-18-40(39)42-20-6-10-27-50(42)59/h1-32,34H,33H2. The van der Waals surface area contributed by atoms with Crippen LogP contribution in [0, 0.1) is 0 Å². The number of hydrogen-bond acceptors (Lipinski definition) is 4. The zero-order valence-corrected chi connectivity index (χ0v) is 34.0. The largest absolute Gasteiger partial charge is 0.455 e. The van der Waals surface area contributed by atoms with E-state index in [-0.39, 0.29) is 0 Å². The van der Waals surface area contributed by atoms with Gasteiger partial charge in [-0.25, -0.2) is 15.0 Å². The fourth-order valence-electron chi connectivity index (χ4n) is 11.2. The van der Waals surface area contributed by atoms with E-state index in [1.807, 2.05) is 12.1 Å². The molecule has 2 aromatic heterocycles. The maximum absolute atomic E-state index is 6.63. The van der Waals surface area contributed by atoms with E-state index in [0.29, 0.717) is 17.5 Å². The molecule has 292 valence electrons. The third-order valence-corrected chi connectivity index (χ3v) is 13.8. The summed E-state index contributed by atoms with van der Waals surface area (Å²) in [5, 5.41) is 2.10. The third-order valence-electron chi connectivity index (χ3n) is 13.8. The van der Waals surface area contributed by atoms with Gasteiger partial charge in [-0.3, -0.25) is 0 Å². The molecule has 11 aromatic rings. The van der Waals surface area contributed by atoms with Crippen LogP contribution in [0.1, 0.15) is 33.4 Å². The number of nitrogens with zero attached hydrogens (tertiary/aromatic N) is 3. The Morgan fingerprint density at radius 1 is 0.349 bits per heavy atom. The molecule has 0 fully saturated rings. The first kappa shape index (κ1) is 34.5. The fourth-order valence-corrected chi connectivity index (χ4v) is 11.2. The van der Waals surface area contributed by atoms with Crippen LogP contribution in [0.5, 0.6) is 0 Å². The highest BCUT2D eigenvalue weighted by atomic mass is 16.3. The van der Waals surface area contributed by atoms with Gasteiger partial charge in [0.25, 0.3) is 0 Å². The first-order valence-corrected chi connectivity index (χ1v) is 21.6. The maximum atomic E-state index is 6.63. The van der Waals surface area contributed by atoms with E-state index in [1.54, 1.807) is 0 Å². The molecule has 3 aliphatic carbocycles. The summed E-state index contributed by atoms with van der Waals surface area (Å²) in [6.45, 7) is 0. The minimum absolute atomic E-state index is 0.569. The van der Waals surface area contributed by atoms with E-state index in [9.17, 15) is 0 Å². The van der Waals surface area contributed by atoms with Crippen LogP contribution in [-0.4, -0.2) is 15.0 Å². The molecule has 0 radical (unpaired) electrons. The summed E-state index contributed by atoms with van der Waals surface area (Å²) in [4.78, 5) is 16.3. The Hall–Kier alpha value is -8.21. The number of rotatable bonds is 3. The summed E-state index contributed by atoms with van der Waals surface area (Å²) in [6, 6.07) is 72.4. The molecule has 3 aliphatic rings. The van der Waals surface area contributed by atoms with Gasteiger partial charge in [-0.1, -0.05) is 182 Å². The average molecular weight is 802 g/mol. The lowest BCUT2D eigenvalue weighted by Gasteiger charge is -2.35. The van der Waals surface area contributed by atoms with E-state index >= 15 is 0 Å². The number of aromatic nitrogens is 3. The Bertz CT molecular complexity index is 3680. The van der Waals surface area contributed by atoms with Crippen molar-refractivity contribution in [1.82, 2.24) is 15.0 Å². The van der Waals surface area contributed by atoms with Crippen LogP contribution in [0.3, 0.4) is 0 Å². The maximum Gasteiger partial charge on any atom is 0.167 e. The second-order valence-corrected chi connectivity index (χ2v) is 17.0. The van der Waals surface area contributed by atoms with E-state index in [4.69, 9.17) is 19.4 Å². The molecule has 0 saturated heterocycles. The number of hydrogen-bond donors (Lipinski definition) is 0. The van der Waals surface area contributed by atoms with Gasteiger partial charge in [0.1, 0.15) is 11.2 Å². The molecule has 4 nitrogen and oxygen atoms in total. The van der Waals surface area contributed by atoms with Gasteiger partial charge in [0, 0.05) is 21.9 Å². The molecule has 63 heavy (non-hydrogen) atoms. The van der Waals surface area contributed by atoms with Gasteiger partial charge in [0.05, 0.1) is 11.0 Å². The summed E-state index contributed by atoms with van der Waals surface area (Å²) in [5.41, 5.74) is 21.1.